The van der Waals surface area contributed by atoms with Crippen LogP contribution in [-0.2, 0) is 20.7 Å². The van der Waals surface area contributed by atoms with E-state index in [0.717, 1.165) is 11.1 Å². The fraction of sp³-hybridized carbons (Fsp3) is 0.250. The van der Waals surface area contributed by atoms with Gasteiger partial charge in [-0.05, 0) is 17.7 Å². The zero-order chi connectivity index (χ0) is 22.2. The van der Waals surface area contributed by atoms with Crippen LogP contribution >= 0.6 is 11.6 Å². The fourth-order valence-corrected chi connectivity index (χ4v) is 4.69. The second-order valence-corrected chi connectivity index (χ2v) is 8.10. The number of hydrogen-bond donors (Lipinski definition) is 1. The molecular weight excluding hydrogens is 419 g/mol. The molecule has 31 heavy (non-hydrogen) atoms. The van der Waals surface area contributed by atoms with Crippen LogP contribution in [0, 0.1) is 5.82 Å². The predicted octanol–water partition coefficient (Wildman–Crippen LogP) is 3.57. The molecule has 2 aromatic carbocycles. The van der Waals surface area contributed by atoms with Gasteiger partial charge in [0, 0.05) is 32.8 Å². The van der Waals surface area contributed by atoms with E-state index in [4.69, 9.17) is 22.1 Å². The standard InChI is InChI=1S/C22H16ClFN2O2.C2H6O/c23-14-9-15(24)11-16(10-14)26-12-17-20(21(25)27)18-6-7-22(17,28-18)19(26)8-13-4-2-1-3-5-13;1-3-2/h1-7,9-12,18-19H,8H2,(H-,25,27);1-2H3/p+1. The average Bonchev–Trinajstić information content (AvgIpc) is 3.37. The van der Waals surface area contributed by atoms with Crippen molar-refractivity contribution in [3.05, 3.63) is 88.2 Å². The van der Waals surface area contributed by atoms with Gasteiger partial charge in [-0.1, -0.05) is 48.0 Å². The lowest BCUT2D eigenvalue weighted by Gasteiger charge is -2.25. The van der Waals surface area contributed by atoms with Crippen LogP contribution in [0.3, 0.4) is 0 Å². The summed E-state index contributed by atoms with van der Waals surface area (Å²) in [7, 11) is 3.25. The van der Waals surface area contributed by atoms with Crippen molar-refractivity contribution in [1.82, 2.24) is 0 Å². The number of halogens is 2. The molecule has 1 spiro atoms. The third-order valence-electron chi connectivity index (χ3n) is 5.62. The summed E-state index contributed by atoms with van der Waals surface area (Å²) in [6, 6.07) is 14.2. The largest absolute Gasteiger partial charge is 0.388 e. The highest BCUT2D eigenvalue weighted by Gasteiger charge is 2.63. The topological polar surface area (TPSA) is 64.6 Å². The lowest BCUT2D eigenvalue weighted by atomic mass is 9.82. The highest BCUT2D eigenvalue weighted by molar-refractivity contribution is 6.30. The molecule has 3 aliphatic heterocycles. The normalized spacial score (nSPS) is 25.2. The highest BCUT2D eigenvalue weighted by atomic mass is 35.5. The van der Waals surface area contributed by atoms with Crippen LogP contribution in [0.15, 0.2) is 71.8 Å². The first kappa shape index (κ1) is 21.4. The van der Waals surface area contributed by atoms with Gasteiger partial charge in [0.15, 0.2) is 17.9 Å². The molecule has 0 saturated heterocycles. The van der Waals surface area contributed by atoms with E-state index in [1.54, 1.807) is 20.3 Å². The van der Waals surface area contributed by atoms with Crippen molar-refractivity contribution in [2.75, 3.05) is 14.2 Å². The molecule has 3 heterocycles. The molecule has 0 radical (unpaired) electrons. The summed E-state index contributed by atoms with van der Waals surface area (Å²) >= 11 is 6.10. The van der Waals surface area contributed by atoms with Gasteiger partial charge < -0.3 is 15.2 Å². The van der Waals surface area contributed by atoms with Crippen LogP contribution in [-0.4, -0.2) is 48.7 Å². The van der Waals surface area contributed by atoms with E-state index in [9.17, 15) is 9.18 Å². The summed E-state index contributed by atoms with van der Waals surface area (Å²) < 4.78 is 26.5. The van der Waals surface area contributed by atoms with Gasteiger partial charge in [-0.2, -0.15) is 4.58 Å². The predicted molar refractivity (Wildman–Crippen MR) is 117 cm³/mol. The molecule has 3 atom stereocenters. The van der Waals surface area contributed by atoms with Gasteiger partial charge in [0.1, 0.15) is 11.9 Å². The van der Waals surface area contributed by atoms with Gasteiger partial charge in [0.05, 0.1) is 16.2 Å². The maximum absolute atomic E-state index is 14.1. The molecule has 2 aromatic rings. The first-order valence-corrected chi connectivity index (χ1v) is 10.2. The highest BCUT2D eigenvalue weighted by Crippen LogP contribution is 2.50. The first-order chi connectivity index (χ1) is 14.9. The van der Waals surface area contributed by atoms with Crippen molar-refractivity contribution in [2.24, 2.45) is 5.73 Å². The Kier molecular flexibility index (Phi) is 5.79. The second-order valence-electron chi connectivity index (χ2n) is 7.66. The van der Waals surface area contributed by atoms with Gasteiger partial charge in [-0.3, -0.25) is 4.79 Å². The number of carbonyl (C=O) groups is 1. The number of fused-ring (bicyclic) bond motifs is 1. The van der Waals surface area contributed by atoms with E-state index >= 15 is 0 Å². The lowest BCUT2D eigenvalue weighted by molar-refractivity contribution is -0.489. The Bertz CT molecular complexity index is 1090. The molecule has 7 heteroatoms. The van der Waals surface area contributed by atoms with Crippen LogP contribution in [0.25, 0.3) is 0 Å². The molecule has 0 fully saturated rings. The van der Waals surface area contributed by atoms with Gasteiger partial charge >= 0.3 is 0 Å². The Morgan fingerprint density at radius 2 is 1.97 bits per heavy atom. The molecule has 2 N–H and O–H groups in total. The Morgan fingerprint density at radius 3 is 2.61 bits per heavy atom. The van der Waals surface area contributed by atoms with E-state index in [0.29, 0.717) is 22.7 Å². The van der Waals surface area contributed by atoms with E-state index in [1.165, 1.54) is 12.1 Å². The van der Waals surface area contributed by atoms with E-state index in [-0.39, 0.29) is 6.04 Å². The zero-order valence-electron chi connectivity index (χ0n) is 17.2. The Morgan fingerprint density at radius 1 is 1.26 bits per heavy atom. The van der Waals surface area contributed by atoms with Crippen molar-refractivity contribution in [1.29, 1.82) is 0 Å². The molecule has 0 saturated carbocycles. The van der Waals surface area contributed by atoms with Crippen LogP contribution in [0.4, 0.5) is 10.1 Å². The summed E-state index contributed by atoms with van der Waals surface area (Å²) in [5.41, 5.74) is 7.77. The zero-order valence-corrected chi connectivity index (χ0v) is 18.0. The number of amides is 1. The van der Waals surface area contributed by atoms with Gasteiger partial charge in [0.2, 0.25) is 11.6 Å². The SMILES string of the molecule is COC.NC(=O)C1=C2C=[N+](c3cc(F)cc(Cl)c3)C(Cc3ccccc3)C23C=CC1O3. The number of rotatable bonds is 4. The van der Waals surface area contributed by atoms with Gasteiger partial charge in [-0.25, -0.2) is 4.39 Å². The Hall–Kier alpha value is -2.80. The number of primary amides is 1. The summed E-state index contributed by atoms with van der Waals surface area (Å²) in [5, 5.41) is 0.307. The third kappa shape index (κ3) is 3.71. The molecule has 3 unspecified atom stereocenters. The molecular formula is C24H23ClFN2O3+. The second kappa shape index (κ2) is 8.38. The molecule has 5 nitrogen and oxygen atoms in total. The Balaban J connectivity index is 0.000000730. The van der Waals surface area contributed by atoms with E-state index in [1.807, 2.05) is 53.3 Å². The maximum atomic E-state index is 14.1. The fourth-order valence-electron chi connectivity index (χ4n) is 4.47. The van der Waals surface area contributed by atoms with Crippen molar-refractivity contribution >= 4 is 29.4 Å². The van der Waals surface area contributed by atoms with Crippen molar-refractivity contribution < 1.29 is 23.2 Å². The molecule has 3 aliphatic rings. The summed E-state index contributed by atoms with van der Waals surface area (Å²) in [6.45, 7) is 0. The molecule has 0 aliphatic carbocycles. The number of nitrogens with two attached hydrogens (primary N) is 1. The summed E-state index contributed by atoms with van der Waals surface area (Å²) in [6.07, 6.45) is 5.92. The molecule has 160 valence electrons. The minimum Gasteiger partial charge on any atom is -0.388 e. The number of carbonyl (C=O) groups excluding carboxylic acids is 1. The lowest BCUT2D eigenvalue weighted by Crippen LogP contribution is -2.43. The van der Waals surface area contributed by atoms with Crippen LogP contribution in [0.2, 0.25) is 5.02 Å². The van der Waals surface area contributed by atoms with Crippen molar-refractivity contribution in [2.45, 2.75) is 24.2 Å². The first-order valence-electron chi connectivity index (χ1n) is 9.84. The number of hydrogen-bond acceptors (Lipinski definition) is 3. The summed E-state index contributed by atoms with van der Waals surface area (Å²) in [5.74, 6) is -0.922. The van der Waals surface area contributed by atoms with Crippen LogP contribution in [0.1, 0.15) is 5.56 Å². The minimum atomic E-state index is -0.788. The van der Waals surface area contributed by atoms with Crippen molar-refractivity contribution in [3.8, 4) is 0 Å². The number of ether oxygens (including phenoxy) is 2. The quantitative estimate of drug-likeness (QED) is 0.582. The Labute approximate surface area is 185 Å². The summed E-state index contributed by atoms with van der Waals surface area (Å²) in [4.78, 5) is 12.1. The van der Waals surface area contributed by atoms with Gasteiger partial charge in [-0.15, -0.1) is 0 Å². The van der Waals surface area contributed by atoms with Crippen LogP contribution < -0.4 is 5.73 Å². The smallest absolute Gasteiger partial charge is 0.248 e. The molecule has 0 aromatic heterocycles. The molecule has 5 rings (SSSR count). The maximum Gasteiger partial charge on any atom is 0.248 e. The van der Waals surface area contributed by atoms with Gasteiger partial charge in [0.25, 0.3) is 0 Å². The van der Waals surface area contributed by atoms with E-state index in [2.05, 4.69) is 4.74 Å². The number of nitrogens with zero attached hydrogens (tertiary/aromatic N) is 1. The average molecular weight is 442 g/mol. The number of methoxy groups -OCH3 is 1. The molecule has 2 bridgehead atoms. The number of benzene rings is 2. The third-order valence-corrected chi connectivity index (χ3v) is 5.84. The van der Waals surface area contributed by atoms with Crippen LogP contribution in [0.5, 0.6) is 0 Å². The van der Waals surface area contributed by atoms with Crippen molar-refractivity contribution in [3.63, 3.8) is 0 Å². The van der Waals surface area contributed by atoms with E-state index < -0.39 is 23.4 Å². The molecule has 1 amide bonds. The minimum absolute atomic E-state index is 0.208. The monoisotopic (exact) mass is 441 g/mol.